The number of hydrogen-bond acceptors (Lipinski definition) is 6. The first kappa shape index (κ1) is 25.2. The van der Waals surface area contributed by atoms with E-state index in [-0.39, 0.29) is 17.8 Å². The van der Waals surface area contributed by atoms with Crippen molar-refractivity contribution >= 4 is 23.5 Å². The van der Waals surface area contributed by atoms with Crippen molar-refractivity contribution in [3.8, 4) is 5.75 Å². The van der Waals surface area contributed by atoms with Crippen LogP contribution in [0.2, 0.25) is 0 Å². The second kappa shape index (κ2) is 11.1. The molecule has 1 aromatic rings. The lowest BCUT2D eigenvalue weighted by Crippen LogP contribution is -2.34. The van der Waals surface area contributed by atoms with E-state index in [1.165, 1.54) is 23.5 Å². The number of methoxy groups -OCH3 is 1. The molecule has 0 aliphatic carbocycles. The molecule has 0 amide bonds. The van der Waals surface area contributed by atoms with Gasteiger partial charge in [0.25, 0.3) is 0 Å². The molecule has 6 heteroatoms. The summed E-state index contributed by atoms with van der Waals surface area (Å²) < 4.78 is 24.8. The van der Waals surface area contributed by atoms with Crippen molar-refractivity contribution in [3.63, 3.8) is 0 Å². The molecule has 1 aromatic carbocycles. The maximum absolute atomic E-state index is 6.53. The van der Waals surface area contributed by atoms with Gasteiger partial charge in [0.15, 0.2) is 5.79 Å². The van der Waals surface area contributed by atoms with Crippen LogP contribution in [-0.2, 0) is 20.8 Å². The predicted molar refractivity (Wildman–Crippen MR) is 132 cm³/mol. The first-order valence-corrected chi connectivity index (χ1v) is 13.6. The van der Waals surface area contributed by atoms with Crippen molar-refractivity contribution in [1.82, 2.24) is 0 Å². The highest BCUT2D eigenvalue weighted by Crippen LogP contribution is 2.40. The van der Waals surface area contributed by atoms with Crippen molar-refractivity contribution in [3.05, 3.63) is 29.8 Å². The third-order valence-electron chi connectivity index (χ3n) is 6.17. The minimum Gasteiger partial charge on any atom is -0.497 e. The minimum absolute atomic E-state index is 0.116. The molecule has 2 saturated heterocycles. The molecule has 0 N–H and O–H groups in total. The summed E-state index contributed by atoms with van der Waals surface area (Å²) in [6.45, 7) is 11.3. The molecular formula is C25H40O4S2. The Kier molecular flexibility index (Phi) is 9.07. The summed E-state index contributed by atoms with van der Waals surface area (Å²) in [6.07, 6.45) is 4.84. The number of hydrogen-bond donors (Lipinski definition) is 0. The fraction of sp³-hybridized carbons (Fsp3) is 0.760. The summed E-state index contributed by atoms with van der Waals surface area (Å²) in [4.78, 5) is 0. The number of benzene rings is 1. The molecule has 3 rings (SSSR count). The molecule has 31 heavy (non-hydrogen) atoms. The van der Waals surface area contributed by atoms with Crippen LogP contribution in [0.5, 0.6) is 5.75 Å². The monoisotopic (exact) mass is 468 g/mol. The highest BCUT2D eigenvalue weighted by Gasteiger charge is 2.46. The molecule has 0 bridgehead atoms. The SMILES string of the molecule is COc1ccc(CO[C@H](CC2SCCCS2)[C@@H](C)CC[C@H]2OC(C)(C)OC2(C)C)cc1. The van der Waals surface area contributed by atoms with Crippen LogP contribution in [0, 0.1) is 5.92 Å². The van der Waals surface area contributed by atoms with E-state index in [2.05, 4.69) is 56.4 Å². The Morgan fingerprint density at radius 2 is 1.77 bits per heavy atom. The molecule has 0 saturated carbocycles. The van der Waals surface area contributed by atoms with Gasteiger partial charge in [-0.2, -0.15) is 0 Å². The van der Waals surface area contributed by atoms with Gasteiger partial charge in [0.1, 0.15) is 5.75 Å². The van der Waals surface area contributed by atoms with Crippen molar-refractivity contribution in [2.75, 3.05) is 18.6 Å². The van der Waals surface area contributed by atoms with Crippen LogP contribution >= 0.6 is 23.5 Å². The quantitative estimate of drug-likeness (QED) is 0.389. The van der Waals surface area contributed by atoms with Crippen LogP contribution in [0.25, 0.3) is 0 Å². The molecule has 0 aromatic heterocycles. The topological polar surface area (TPSA) is 36.9 Å². The Hall–Kier alpha value is -0.400. The molecule has 2 aliphatic heterocycles. The van der Waals surface area contributed by atoms with E-state index >= 15 is 0 Å². The minimum atomic E-state index is -0.503. The van der Waals surface area contributed by atoms with E-state index < -0.39 is 5.79 Å². The van der Waals surface area contributed by atoms with E-state index in [4.69, 9.17) is 18.9 Å². The third kappa shape index (κ3) is 7.56. The van der Waals surface area contributed by atoms with Crippen LogP contribution in [0.1, 0.15) is 65.9 Å². The number of ether oxygens (including phenoxy) is 4. The zero-order chi connectivity index (χ0) is 22.5. The van der Waals surface area contributed by atoms with E-state index in [1.807, 2.05) is 26.0 Å². The first-order valence-electron chi connectivity index (χ1n) is 11.5. The third-order valence-corrected chi connectivity index (χ3v) is 9.17. The summed E-state index contributed by atoms with van der Waals surface area (Å²) >= 11 is 4.20. The van der Waals surface area contributed by atoms with E-state index in [0.29, 0.717) is 17.1 Å². The average Bonchev–Trinajstić information content (AvgIpc) is 2.96. The Morgan fingerprint density at radius 1 is 1.10 bits per heavy atom. The molecule has 2 heterocycles. The highest BCUT2D eigenvalue weighted by molar-refractivity contribution is 8.17. The maximum atomic E-state index is 6.53. The molecule has 3 atom stereocenters. The van der Waals surface area contributed by atoms with Crippen molar-refractivity contribution in [2.45, 2.75) is 95.1 Å². The summed E-state index contributed by atoms with van der Waals surface area (Å²) in [6, 6.07) is 8.20. The van der Waals surface area contributed by atoms with Gasteiger partial charge in [0.05, 0.1) is 36.1 Å². The van der Waals surface area contributed by atoms with Gasteiger partial charge >= 0.3 is 0 Å². The summed E-state index contributed by atoms with van der Waals surface area (Å²) in [5.74, 6) is 3.39. The van der Waals surface area contributed by atoms with E-state index in [9.17, 15) is 0 Å². The van der Waals surface area contributed by atoms with Crippen molar-refractivity contribution < 1.29 is 18.9 Å². The zero-order valence-electron chi connectivity index (χ0n) is 20.0. The molecule has 2 fully saturated rings. The summed E-state index contributed by atoms with van der Waals surface area (Å²) in [5.41, 5.74) is 0.940. The fourth-order valence-corrected chi connectivity index (χ4v) is 7.41. The van der Waals surface area contributed by atoms with Crippen LogP contribution < -0.4 is 4.74 Å². The first-order chi connectivity index (χ1) is 14.7. The highest BCUT2D eigenvalue weighted by atomic mass is 32.2. The lowest BCUT2D eigenvalue weighted by Gasteiger charge is -2.31. The van der Waals surface area contributed by atoms with Gasteiger partial charge in [-0.25, -0.2) is 0 Å². The molecule has 176 valence electrons. The molecule has 0 spiro atoms. The average molecular weight is 469 g/mol. The second-order valence-corrected chi connectivity index (χ2v) is 12.6. The Bertz CT molecular complexity index is 671. The number of rotatable bonds is 10. The second-order valence-electron chi connectivity index (χ2n) is 9.72. The van der Waals surface area contributed by atoms with Crippen molar-refractivity contribution in [2.24, 2.45) is 5.92 Å². The molecule has 2 aliphatic rings. The lowest BCUT2D eigenvalue weighted by molar-refractivity contribution is -0.157. The smallest absolute Gasteiger partial charge is 0.164 e. The van der Waals surface area contributed by atoms with E-state index in [0.717, 1.165) is 25.0 Å². The molecule has 0 radical (unpaired) electrons. The van der Waals surface area contributed by atoms with Gasteiger partial charge in [-0.05, 0) is 88.5 Å². The summed E-state index contributed by atoms with van der Waals surface area (Å²) in [7, 11) is 1.70. The van der Waals surface area contributed by atoms with E-state index in [1.54, 1.807) is 7.11 Å². The van der Waals surface area contributed by atoms with Gasteiger partial charge in [0, 0.05) is 0 Å². The van der Waals surface area contributed by atoms with Gasteiger partial charge in [-0.1, -0.05) is 19.1 Å². The van der Waals surface area contributed by atoms with Gasteiger partial charge in [-0.3, -0.25) is 0 Å². The van der Waals surface area contributed by atoms with Gasteiger partial charge < -0.3 is 18.9 Å². The maximum Gasteiger partial charge on any atom is 0.164 e. The van der Waals surface area contributed by atoms with Gasteiger partial charge in [0.2, 0.25) is 0 Å². The Labute approximate surface area is 197 Å². The summed E-state index contributed by atoms with van der Waals surface area (Å²) in [5, 5.41) is 0. The largest absolute Gasteiger partial charge is 0.497 e. The van der Waals surface area contributed by atoms with Crippen LogP contribution in [0.4, 0.5) is 0 Å². The zero-order valence-corrected chi connectivity index (χ0v) is 21.7. The van der Waals surface area contributed by atoms with Crippen LogP contribution in [0.15, 0.2) is 24.3 Å². The Morgan fingerprint density at radius 3 is 2.35 bits per heavy atom. The Balaban J connectivity index is 1.58. The van der Waals surface area contributed by atoms with Gasteiger partial charge in [-0.15, -0.1) is 23.5 Å². The predicted octanol–water partition coefficient (Wildman–Crippen LogP) is 6.51. The lowest BCUT2D eigenvalue weighted by atomic mass is 9.90. The van der Waals surface area contributed by atoms with Crippen molar-refractivity contribution in [1.29, 1.82) is 0 Å². The number of thioether (sulfide) groups is 2. The molecule has 0 unspecified atom stereocenters. The normalized spacial score (nSPS) is 25.3. The molecular weight excluding hydrogens is 428 g/mol. The standard InChI is InChI=1S/C25H40O4S2/c1-18(8-13-22-24(2,3)29-25(4,5)28-22)21(16-23-30-14-7-15-31-23)27-17-19-9-11-20(26-6)12-10-19/h9-12,18,21-23H,7-8,13-17H2,1-6H3/t18-,21+,22+/m0/s1. The van der Waals surface area contributed by atoms with Crippen LogP contribution in [-0.4, -0.2) is 46.8 Å². The fourth-order valence-electron chi connectivity index (χ4n) is 4.47. The van der Waals surface area contributed by atoms with Crippen LogP contribution in [0.3, 0.4) is 0 Å². The molecule has 4 nitrogen and oxygen atoms in total.